The van der Waals surface area contributed by atoms with Gasteiger partial charge in [0, 0.05) is 34.3 Å². The Morgan fingerprint density at radius 1 is 1.14 bits per heavy atom. The molecule has 0 saturated heterocycles. The molecule has 2 aromatic carbocycles. The highest BCUT2D eigenvalue weighted by molar-refractivity contribution is 9.10. The van der Waals surface area contributed by atoms with Gasteiger partial charge >= 0.3 is 6.18 Å². The van der Waals surface area contributed by atoms with Crippen LogP contribution >= 0.6 is 15.9 Å². The Morgan fingerprint density at radius 2 is 1.81 bits per heavy atom. The highest BCUT2D eigenvalue weighted by Crippen LogP contribution is 2.37. The summed E-state index contributed by atoms with van der Waals surface area (Å²) >= 11 is 2.92. The van der Waals surface area contributed by atoms with Crippen LogP contribution in [0.2, 0.25) is 0 Å². The fraction of sp³-hybridized carbons (Fsp3) is 0.333. The number of hydrogen-bond acceptors (Lipinski definition) is 5. The minimum atomic E-state index is -4.64. The molecule has 42 heavy (non-hydrogen) atoms. The van der Waals surface area contributed by atoms with Crippen molar-refractivity contribution in [2.24, 2.45) is 0 Å². The van der Waals surface area contributed by atoms with Crippen molar-refractivity contribution in [3.8, 4) is 5.69 Å². The fourth-order valence-electron chi connectivity index (χ4n) is 5.36. The van der Waals surface area contributed by atoms with Gasteiger partial charge in [-0.2, -0.15) is 13.2 Å². The van der Waals surface area contributed by atoms with Crippen LogP contribution in [-0.2, 0) is 19.1 Å². The van der Waals surface area contributed by atoms with Gasteiger partial charge in [0.1, 0.15) is 0 Å². The number of aromatic nitrogens is 2. The Labute approximate surface area is 248 Å². The van der Waals surface area contributed by atoms with E-state index in [4.69, 9.17) is 4.98 Å². The molecule has 2 heterocycles. The molecule has 1 fully saturated rings. The van der Waals surface area contributed by atoms with E-state index in [-0.39, 0.29) is 40.4 Å². The number of anilines is 1. The highest BCUT2D eigenvalue weighted by atomic mass is 79.9. The Balaban J connectivity index is 1.56. The molecule has 0 radical (unpaired) electrons. The van der Waals surface area contributed by atoms with Gasteiger partial charge in [-0.3, -0.25) is 14.4 Å². The van der Waals surface area contributed by atoms with Gasteiger partial charge in [-0.05, 0) is 75.1 Å². The normalized spacial score (nSPS) is 17.6. The Hall–Kier alpha value is -3.93. The summed E-state index contributed by atoms with van der Waals surface area (Å²) in [5, 5.41) is 5.95. The van der Waals surface area contributed by atoms with Crippen molar-refractivity contribution in [3.05, 3.63) is 97.9 Å². The number of carbonyl (C=O) groups excluding carboxylic acids is 2. The standard InChI is InChI=1S/C30H29BrF3N5O3/c1-4-29(12-5-13-29)37-28-36-24-16-38(26(41)19-8-11-23(31)22(15-19)30(32,33)34)17(2)14-21(24)27(42)39(28)20-9-6-18(7-10-20)25(40)35-3/h4,6-11,15,17H,1,5,12-14,16H2,2-3H3,(H,35,40)(H,36,37). The second kappa shape index (κ2) is 11.0. The van der Waals surface area contributed by atoms with Crippen LogP contribution in [0.4, 0.5) is 19.1 Å². The lowest BCUT2D eigenvalue weighted by atomic mass is 9.77. The van der Waals surface area contributed by atoms with E-state index < -0.39 is 29.2 Å². The zero-order valence-electron chi connectivity index (χ0n) is 23.0. The van der Waals surface area contributed by atoms with Crippen LogP contribution in [0.1, 0.15) is 63.7 Å². The summed E-state index contributed by atoms with van der Waals surface area (Å²) in [7, 11) is 1.53. The molecule has 1 aromatic heterocycles. The SMILES string of the molecule is C=CC1(Nc2nc3c(c(=O)n2-c2ccc(C(=O)NC)cc2)CC(C)N(C(=O)c2ccc(Br)c(C(F)(F)F)c2)C3)CCC1. The third-order valence-electron chi connectivity index (χ3n) is 8.01. The number of rotatable bonds is 6. The van der Waals surface area contributed by atoms with Gasteiger partial charge in [0.25, 0.3) is 17.4 Å². The minimum Gasteiger partial charge on any atom is -0.355 e. The van der Waals surface area contributed by atoms with Crippen molar-refractivity contribution in [1.82, 2.24) is 19.8 Å². The van der Waals surface area contributed by atoms with Crippen molar-refractivity contribution in [1.29, 1.82) is 0 Å². The lowest BCUT2D eigenvalue weighted by molar-refractivity contribution is -0.138. The first-order chi connectivity index (χ1) is 19.9. The third kappa shape index (κ3) is 5.35. The highest BCUT2D eigenvalue weighted by Gasteiger charge is 2.38. The number of hydrogen-bond donors (Lipinski definition) is 2. The lowest BCUT2D eigenvalue weighted by Gasteiger charge is -2.41. The summed E-state index contributed by atoms with van der Waals surface area (Å²) in [6, 6.07) is 9.47. The predicted octanol–water partition coefficient (Wildman–Crippen LogP) is 5.48. The van der Waals surface area contributed by atoms with E-state index in [0.29, 0.717) is 22.5 Å². The largest absolute Gasteiger partial charge is 0.417 e. The summed E-state index contributed by atoms with van der Waals surface area (Å²) in [6.07, 6.45) is -0.104. The summed E-state index contributed by atoms with van der Waals surface area (Å²) in [5.74, 6) is -0.587. The van der Waals surface area contributed by atoms with E-state index in [1.165, 1.54) is 28.6 Å². The maximum absolute atomic E-state index is 14.0. The topological polar surface area (TPSA) is 96.3 Å². The molecule has 2 amide bonds. The molecule has 1 aliphatic heterocycles. The molecule has 5 rings (SSSR count). The second-order valence-corrected chi connectivity index (χ2v) is 11.5. The maximum Gasteiger partial charge on any atom is 0.417 e. The first-order valence-corrected chi connectivity index (χ1v) is 14.2. The van der Waals surface area contributed by atoms with Crippen molar-refractivity contribution < 1.29 is 22.8 Å². The van der Waals surface area contributed by atoms with Crippen LogP contribution in [0, 0.1) is 0 Å². The molecule has 8 nitrogen and oxygen atoms in total. The molecule has 1 atom stereocenters. The molecule has 0 spiro atoms. The van der Waals surface area contributed by atoms with Gasteiger partial charge in [0.15, 0.2) is 0 Å². The maximum atomic E-state index is 14.0. The molecule has 220 valence electrons. The molecule has 2 N–H and O–H groups in total. The first-order valence-electron chi connectivity index (χ1n) is 13.4. The molecule has 2 aliphatic rings. The number of carbonyl (C=O) groups is 2. The van der Waals surface area contributed by atoms with Gasteiger partial charge in [-0.15, -0.1) is 6.58 Å². The van der Waals surface area contributed by atoms with E-state index in [9.17, 15) is 27.6 Å². The van der Waals surface area contributed by atoms with Crippen LogP contribution in [-0.4, -0.2) is 44.9 Å². The van der Waals surface area contributed by atoms with E-state index in [2.05, 4.69) is 33.1 Å². The summed E-state index contributed by atoms with van der Waals surface area (Å²) in [6.45, 7) is 5.66. The average Bonchev–Trinajstić information content (AvgIpc) is 2.94. The molecule has 1 saturated carbocycles. The van der Waals surface area contributed by atoms with E-state index in [1.807, 2.05) is 0 Å². The Bertz CT molecular complexity index is 1630. The monoisotopic (exact) mass is 643 g/mol. The Morgan fingerprint density at radius 3 is 2.38 bits per heavy atom. The summed E-state index contributed by atoms with van der Waals surface area (Å²) in [4.78, 5) is 45.8. The van der Waals surface area contributed by atoms with Crippen molar-refractivity contribution >= 4 is 33.7 Å². The van der Waals surface area contributed by atoms with Crippen LogP contribution in [0.15, 0.2) is 64.4 Å². The molecular formula is C30H29BrF3N5O3. The van der Waals surface area contributed by atoms with Crippen molar-refractivity contribution in [3.63, 3.8) is 0 Å². The molecule has 1 aliphatic carbocycles. The third-order valence-corrected chi connectivity index (χ3v) is 8.70. The van der Waals surface area contributed by atoms with Gasteiger partial charge < -0.3 is 15.5 Å². The van der Waals surface area contributed by atoms with Gasteiger partial charge in [-0.25, -0.2) is 9.55 Å². The molecular weight excluding hydrogens is 615 g/mol. The van der Waals surface area contributed by atoms with Crippen LogP contribution < -0.4 is 16.2 Å². The summed E-state index contributed by atoms with van der Waals surface area (Å²) < 4.78 is 41.9. The number of benzene rings is 2. The number of nitrogens with zero attached hydrogens (tertiary/aromatic N) is 3. The average molecular weight is 644 g/mol. The Kier molecular flexibility index (Phi) is 7.78. The lowest BCUT2D eigenvalue weighted by Crippen LogP contribution is -2.48. The number of nitrogens with one attached hydrogen (secondary N) is 2. The van der Waals surface area contributed by atoms with Crippen LogP contribution in [0.5, 0.6) is 0 Å². The molecule has 1 unspecified atom stereocenters. The number of amides is 2. The number of fused-ring (bicyclic) bond motifs is 1. The minimum absolute atomic E-state index is 0.0474. The van der Waals surface area contributed by atoms with Gasteiger partial charge in [-0.1, -0.05) is 22.0 Å². The quantitative estimate of drug-likeness (QED) is 0.347. The van der Waals surface area contributed by atoms with Crippen molar-refractivity contribution in [2.75, 3.05) is 12.4 Å². The second-order valence-electron chi connectivity index (χ2n) is 10.6. The number of halogens is 4. The fourth-order valence-corrected chi connectivity index (χ4v) is 5.83. The van der Waals surface area contributed by atoms with Gasteiger partial charge in [0.05, 0.1) is 29.0 Å². The van der Waals surface area contributed by atoms with Crippen LogP contribution in [0.25, 0.3) is 5.69 Å². The first kappa shape index (κ1) is 29.6. The van der Waals surface area contributed by atoms with E-state index >= 15 is 0 Å². The van der Waals surface area contributed by atoms with Crippen LogP contribution in [0.3, 0.4) is 0 Å². The summed E-state index contributed by atoms with van der Waals surface area (Å²) in [5.41, 5.74) is -0.104. The molecule has 0 bridgehead atoms. The van der Waals surface area contributed by atoms with E-state index in [0.717, 1.165) is 25.3 Å². The van der Waals surface area contributed by atoms with Crippen molar-refractivity contribution in [2.45, 2.75) is 56.9 Å². The van der Waals surface area contributed by atoms with Gasteiger partial charge in [0.2, 0.25) is 5.95 Å². The zero-order chi connectivity index (χ0) is 30.4. The van der Waals surface area contributed by atoms with E-state index in [1.54, 1.807) is 37.3 Å². The predicted molar refractivity (Wildman–Crippen MR) is 156 cm³/mol. The molecule has 12 heteroatoms. The zero-order valence-corrected chi connectivity index (χ0v) is 24.6. The number of alkyl halides is 3. The smallest absolute Gasteiger partial charge is 0.355 e. The molecule has 3 aromatic rings.